The normalized spacial score (nSPS) is 12.7. The van der Waals surface area contributed by atoms with Gasteiger partial charge in [-0.25, -0.2) is 4.90 Å². The Balaban J connectivity index is 1.53. The Bertz CT molecular complexity index is 1180. The third kappa shape index (κ3) is 4.00. The minimum Gasteiger partial charge on any atom is -0.497 e. The molecule has 0 aromatic heterocycles. The highest BCUT2D eigenvalue weighted by atomic mass is 35.5. The number of ether oxygens (including phenoxy) is 2. The van der Waals surface area contributed by atoms with Crippen LogP contribution < -0.4 is 14.4 Å². The maximum Gasteiger partial charge on any atom is 0.266 e. The molecule has 0 N–H and O–H groups in total. The van der Waals surface area contributed by atoms with Crippen LogP contribution in [0.5, 0.6) is 11.5 Å². The molecular formula is C23H15Cl2NO5. The minimum absolute atomic E-state index is 0.180. The quantitative estimate of drug-likeness (QED) is 0.383. The summed E-state index contributed by atoms with van der Waals surface area (Å²) in [5.74, 6) is -0.360. The Hall–Kier alpha value is -3.35. The van der Waals surface area contributed by atoms with Gasteiger partial charge in [0, 0.05) is 11.6 Å². The first-order valence-electron chi connectivity index (χ1n) is 9.17. The lowest BCUT2D eigenvalue weighted by atomic mass is 10.1. The first-order valence-corrected chi connectivity index (χ1v) is 9.92. The molecule has 0 radical (unpaired) electrons. The fraction of sp³-hybridized carbons (Fsp3) is 0.0870. The number of nitrogens with zero attached hydrogens (tertiary/aromatic N) is 1. The molecule has 4 rings (SSSR count). The van der Waals surface area contributed by atoms with E-state index in [1.165, 1.54) is 25.3 Å². The molecule has 156 valence electrons. The number of rotatable bonds is 6. The number of methoxy groups -OCH3 is 1. The number of amides is 2. The molecule has 0 fully saturated rings. The van der Waals surface area contributed by atoms with Crippen molar-refractivity contribution >= 4 is 46.5 Å². The maximum atomic E-state index is 12.8. The number of fused-ring (bicyclic) bond motifs is 1. The van der Waals surface area contributed by atoms with Crippen LogP contribution in [0.15, 0.2) is 60.7 Å². The van der Waals surface area contributed by atoms with E-state index in [2.05, 4.69) is 0 Å². The molecule has 31 heavy (non-hydrogen) atoms. The van der Waals surface area contributed by atoms with E-state index in [0.29, 0.717) is 22.7 Å². The molecule has 0 saturated carbocycles. The lowest BCUT2D eigenvalue weighted by Gasteiger charge is -2.15. The molecule has 8 heteroatoms. The van der Waals surface area contributed by atoms with E-state index in [-0.39, 0.29) is 33.6 Å². The topological polar surface area (TPSA) is 72.9 Å². The van der Waals surface area contributed by atoms with Crippen molar-refractivity contribution in [2.45, 2.75) is 0 Å². The molecule has 6 nitrogen and oxygen atoms in total. The summed E-state index contributed by atoms with van der Waals surface area (Å²) in [5, 5.41) is 0.383. The molecule has 1 aliphatic rings. The summed E-state index contributed by atoms with van der Waals surface area (Å²) in [6.07, 6.45) is 0. The van der Waals surface area contributed by atoms with Crippen molar-refractivity contribution in [3.8, 4) is 11.5 Å². The summed E-state index contributed by atoms with van der Waals surface area (Å²) in [6, 6.07) is 15.9. The lowest BCUT2D eigenvalue weighted by Crippen LogP contribution is -2.29. The van der Waals surface area contributed by atoms with Crippen molar-refractivity contribution < 1.29 is 23.9 Å². The molecule has 3 aromatic rings. The number of carbonyl (C=O) groups is 3. The summed E-state index contributed by atoms with van der Waals surface area (Å²) in [4.78, 5) is 39.0. The van der Waals surface area contributed by atoms with Crippen molar-refractivity contribution in [3.63, 3.8) is 0 Å². The number of ketones is 1. The van der Waals surface area contributed by atoms with Gasteiger partial charge < -0.3 is 9.47 Å². The van der Waals surface area contributed by atoms with Gasteiger partial charge in [-0.05, 0) is 36.4 Å². The molecule has 3 aromatic carbocycles. The van der Waals surface area contributed by atoms with Gasteiger partial charge in [-0.3, -0.25) is 14.4 Å². The number of anilines is 1. The lowest BCUT2D eigenvalue weighted by molar-refractivity contribution is 0.0910. The van der Waals surface area contributed by atoms with Crippen LogP contribution in [0.1, 0.15) is 31.1 Å². The summed E-state index contributed by atoms with van der Waals surface area (Å²) in [6.45, 7) is -0.218. The largest absolute Gasteiger partial charge is 0.497 e. The van der Waals surface area contributed by atoms with Crippen molar-refractivity contribution in [2.24, 2.45) is 0 Å². The fourth-order valence-electron chi connectivity index (χ4n) is 3.21. The van der Waals surface area contributed by atoms with Crippen LogP contribution in [-0.2, 0) is 0 Å². The monoisotopic (exact) mass is 455 g/mol. The van der Waals surface area contributed by atoms with Crippen molar-refractivity contribution in [3.05, 3.63) is 87.4 Å². The Morgan fingerprint density at radius 3 is 2.13 bits per heavy atom. The Labute approximate surface area is 187 Å². The van der Waals surface area contributed by atoms with Gasteiger partial charge in [-0.2, -0.15) is 0 Å². The van der Waals surface area contributed by atoms with Crippen LogP contribution in [-0.4, -0.2) is 31.3 Å². The second kappa shape index (κ2) is 8.41. The van der Waals surface area contributed by atoms with Crippen molar-refractivity contribution in [1.82, 2.24) is 0 Å². The molecule has 2 amide bonds. The van der Waals surface area contributed by atoms with Gasteiger partial charge in [0.2, 0.25) is 0 Å². The number of halogens is 2. The van der Waals surface area contributed by atoms with Crippen molar-refractivity contribution in [1.29, 1.82) is 0 Å². The molecule has 0 spiro atoms. The third-order valence-electron chi connectivity index (χ3n) is 4.76. The van der Waals surface area contributed by atoms with Gasteiger partial charge in [0.15, 0.2) is 12.4 Å². The van der Waals surface area contributed by atoms with Gasteiger partial charge in [0.05, 0.1) is 34.0 Å². The zero-order valence-corrected chi connectivity index (χ0v) is 17.7. The number of benzene rings is 3. The number of hydrogen-bond donors (Lipinski definition) is 0. The number of Topliss-reactive ketones (excluding diaryl/α,β-unsaturated/α-hetero) is 1. The first kappa shape index (κ1) is 20.9. The van der Waals surface area contributed by atoms with Gasteiger partial charge in [0.1, 0.15) is 11.5 Å². The average molecular weight is 456 g/mol. The fourth-order valence-corrected chi connectivity index (χ4v) is 3.54. The molecule has 0 atom stereocenters. The number of hydrogen-bond acceptors (Lipinski definition) is 5. The highest BCUT2D eigenvalue weighted by Gasteiger charge is 2.37. The molecule has 0 aliphatic carbocycles. The number of carbonyl (C=O) groups excluding carboxylic acids is 3. The van der Waals surface area contributed by atoms with E-state index in [1.807, 2.05) is 0 Å². The highest BCUT2D eigenvalue weighted by molar-refractivity contribution is 6.44. The van der Waals surface area contributed by atoms with E-state index < -0.39 is 11.8 Å². The summed E-state index contributed by atoms with van der Waals surface area (Å²) < 4.78 is 10.7. The Kier molecular flexibility index (Phi) is 5.67. The Morgan fingerprint density at radius 2 is 1.48 bits per heavy atom. The average Bonchev–Trinajstić information content (AvgIpc) is 3.02. The SMILES string of the molecule is COc1cccc(C(=O)COc2cccc(N3C(=O)c4cc(Cl)c(Cl)cc4C3=O)c2)c1. The van der Waals surface area contributed by atoms with Gasteiger partial charge >= 0.3 is 0 Å². The van der Waals surface area contributed by atoms with Crippen molar-refractivity contribution in [2.75, 3.05) is 18.6 Å². The summed E-state index contributed by atoms with van der Waals surface area (Å²) >= 11 is 12.0. The van der Waals surface area contributed by atoms with Crippen LogP contribution >= 0.6 is 23.2 Å². The minimum atomic E-state index is -0.511. The zero-order chi connectivity index (χ0) is 22.1. The smallest absolute Gasteiger partial charge is 0.266 e. The molecular weight excluding hydrogens is 441 g/mol. The van der Waals surface area contributed by atoms with Crippen LogP contribution in [0.25, 0.3) is 0 Å². The van der Waals surface area contributed by atoms with E-state index >= 15 is 0 Å². The van der Waals surface area contributed by atoms with Crippen LogP contribution in [0.3, 0.4) is 0 Å². The van der Waals surface area contributed by atoms with Crippen LogP contribution in [0, 0.1) is 0 Å². The van der Waals surface area contributed by atoms with E-state index in [0.717, 1.165) is 4.90 Å². The third-order valence-corrected chi connectivity index (χ3v) is 5.49. The zero-order valence-electron chi connectivity index (χ0n) is 16.2. The van der Waals surface area contributed by atoms with E-state index in [1.54, 1.807) is 42.5 Å². The van der Waals surface area contributed by atoms with Gasteiger partial charge in [0.25, 0.3) is 11.8 Å². The summed E-state index contributed by atoms with van der Waals surface area (Å²) in [5.41, 5.74) is 1.12. The predicted molar refractivity (Wildman–Crippen MR) is 117 cm³/mol. The van der Waals surface area contributed by atoms with E-state index in [9.17, 15) is 14.4 Å². The molecule has 0 bridgehead atoms. The molecule has 0 unspecified atom stereocenters. The van der Waals surface area contributed by atoms with Crippen LogP contribution in [0.2, 0.25) is 10.0 Å². The molecule has 1 aliphatic heterocycles. The van der Waals surface area contributed by atoms with E-state index in [4.69, 9.17) is 32.7 Å². The Morgan fingerprint density at radius 1 is 0.871 bits per heavy atom. The molecule has 1 heterocycles. The highest BCUT2D eigenvalue weighted by Crippen LogP contribution is 2.34. The standard InChI is InChI=1S/C23H15Cl2NO5/c1-30-15-6-2-4-13(8-15)21(27)12-31-16-7-3-5-14(9-16)26-22(28)17-10-19(24)20(25)11-18(17)23(26)29/h2-11H,12H2,1H3. The maximum absolute atomic E-state index is 12.8. The second-order valence-corrected chi connectivity index (χ2v) is 7.51. The number of imide groups is 1. The predicted octanol–water partition coefficient (Wildman–Crippen LogP) is 5.06. The van der Waals surface area contributed by atoms with Crippen LogP contribution in [0.4, 0.5) is 5.69 Å². The second-order valence-electron chi connectivity index (χ2n) is 6.70. The summed E-state index contributed by atoms with van der Waals surface area (Å²) in [7, 11) is 1.52. The first-order chi connectivity index (χ1) is 14.9. The van der Waals surface area contributed by atoms with Gasteiger partial charge in [-0.1, -0.05) is 41.4 Å². The molecule has 0 saturated heterocycles. The van der Waals surface area contributed by atoms with Gasteiger partial charge in [-0.15, -0.1) is 0 Å².